The fourth-order valence-electron chi connectivity index (χ4n) is 3.85. The molecule has 4 rings (SSSR count). The summed E-state index contributed by atoms with van der Waals surface area (Å²) in [6.45, 7) is 0. The van der Waals surface area contributed by atoms with Crippen molar-refractivity contribution in [2.24, 2.45) is 0 Å². The Labute approximate surface area is 140 Å². The van der Waals surface area contributed by atoms with E-state index in [1.54, 1.807) is 24.0 Å². The predicted octanol–water partition coefficient (Wildman–Crippen LogP) is 3.13. The summed E-state index contributed by atoms with van der Waals surface area (Å²) in [5, 5.41) is 9.68. The second-order valence-corrected chi connectivity index (χ2v) is 7.51. The second kappa shape index (κ2) is 6.43. The quantitative estimate of drug-likeness (QED) is 0.940. The van der Waals surface area contributed by atoms with Gasteiger partial charge in [-0.1, -0.05) is 0 Å². The number of aromatic nitrogens is 3. The summed E-state index contributed by atoms with van der Waals surface area (Å²) in [6.07, 6.45) is 12.2. The second-order valence-electron chi connectivity index (χ2n) is 6.63. The minimum Gasteiger partial charge on any atom is -0.349 e. The zero-order valence-electron chi connectivity index (χ0n) is 13.2. The van der Waals surface area contributed by atoms with Gasteiger partial charge in [0.2, 0.25) is 0 Å². The van der Waals surface area contributed by atoms with Crippen LogP contribution in [0.4, 0.5) is 0 Å². The standard InChI is InChI=1S/C17H22N4OS/c22-17(16-15-4-2-1-3-12(15)9-23-16)20-13-5-7-14(8-6-13)21-11-18-10-19-21/h9-11,13-14H,1-8H2,(H,20,22). The van der Waals surface area contributed by atoms with Crippen LogP contribution in [-0.2, 0) is 12.8 Å². The highest BCUT2D eigenvalue weighted by molar-refractivity contribution is 7.12. The molecule has 0 atom stereocenters. The Balaban J connectivity index is 1.36. The van der Waals surface area contributed by atoms with Gasteiger partial charge in [0, 0.05) is 6.04 Å². The number of carbonyl (C=O) groups excluding carboxylic acids is 1. The molecule has 1 saturated carbocycles. The molecule has 0 unspecified atom stereocenters. The van der Waals surface area contributed by atoms with Crippen molar-refractivity contribution in [1.29, 1.82) is 0 Å². The maximum Gasteiger partial charge on any atom is 0.261 e. The molecule has 0 aromatic carbocycles. The molecule has 0 spiro atoms. The summed E-state index contributed by atoms with van der Waals surface area (Å²) >= 11 is 1.63. The van der Waals surface area contributed by atoms with Gasteiger partial charge in [0.05, 0.1) is 10.9 Å². The monoisotopic (exact) mass is 330 g/mol. The highest BCUT2D eigenvalue weighted by atomic mass is 32.1. The Hall–Kier alpha value is -1.69. The molecule has 0 aliphatic heterocycles. The maximum absolute atomic E-state index is 12.6. The molecule has 5 nitrogen and oxygen atoms in total. The first-order chi connectivity index (χ1) is 11.3. The van der Waals surface area contributed by atoms with Crippen molar-refractivity contribution in [2.75, 3.05) is 0 Å². The van der Waals surface area contributed by atoms with E-state index in [0.29, 0.717) is 12.1 Å². The first kappa shape index (κ1) is 14.9. The number of thiophene rings is 1. The maximum atomic E-state index is 12.6. The highest BCUT2D eigenvalue weighted by Gasteiger charge is 2.26. The summed E-state index contributed by atoms with van der Waals surface area (Å²) in [6, 6.07) is 0.726. The SMILES string of the molecule is O=C(NC1CCC(n2cncn2)CC1)c1scc2c1CCCC2. The molecular weight excluding hydrogens is 308 g/mol. The van der Waals surface area contributed by atoms with E-state index in [-0.39, 0.29) is 5.91 Å². The van der Waals surface area contributed by atoms with Crippen LogP contribution in [0.1, 0.15) is 65.4 Å². The van der Waals surface area contributed by atoms with Crippen molar-refractivity contribution in [3.05, 3.63) is 34.0 Å². The molecule has 0 saturated heterocycles. The van der Waals surface area contributed by atoms with Crippen LogP contribution in [0.5, 0.6) is 0 Å². The lowest BCUT2D eigenvalue weighted by atomic mass is 9.90. The van der Waals surface area contributed by atoms with Gasteiger partial charge in [-0.15, -0.1) is 11.3 Å². The van der Waals surface area contributed by atoms with Crippen LogP contribution < -0.4 is 5.32 Å². The largest absolute Gasteiger partial charge is 0.349 e. The van der Waals surface area contributed by atoms with Gasteiger partial charge in [0.25, 0.3) is 5.91 Å². The van der Waals surface area contributed by atoms with E-state index in [2.05, 4.69) is 20.8 Å². The normalized spacial score (nSPS) is 24.2. The van der Waals surface area contributed by atoms with Gasteiger partial charge < -0.3 is 5.32 Å². The summed E-state index contributed by atoms with van der Waals surface area (Å²) in [5.41, 5.74) is 2.72. The predicted molar refractivity (Wildman–Crippen MR) is 89.7 cm³/mol. The summed E-state index contributed by atoms with van der Waals surface area (Å²) in [4.78, 5) is 17.6. The van der Waals surface area contributed by atoms with Gasteiger partial charge in [-0.25, -0.2) is 9.67 Å². The lowest BCUT2D eigenvalue weighted by Gasteiger charge is -2.29. The van der Waals surface area contributed by atoms with Crippen molar-refractivity contribution >= 4 is 17.2 Å². The zero-order chi connectivity index (χ0) is 15.6. The summed E-state index contributed by atoms with van der Waals surface area (Å²) < 4.78 is 1.95. The molecule has 1 fully saturated rings. The van der Waals surface area contributed by atoms with Crippen LogP contribution in [0.15, 0.2) is 18.0 Å². The lowest BCUT2D eigenvalue weighted by Crippen LogP contribution is -2.38. The van der Waals surface area contributed by atoms with E-state index in [1.807, 2.05) is 4.68 Å². The third kappa shape index (κ3) is 3.04. The summed E-state index contributed by atoms with van der Waals surface area (Å²) in [7, 11) is 0. The molecule has 2 aromatic rings. The van der Waals surface area contributed by atoms with Crippen molar-refractivity contribution in [1.82, 2.24) is 20.1 Å². The Morgan fingerprint density at radius 2 is 2.04 bits per heavy atom. The van der Waals surface area contributed by atoms with E-state index in [4.69, 9.17) is 0 Å². The third-order valence-corrected chi connectivity index (χ3v) is 6.22. The van der Waals surface area contributed by atoms with Crippen LogP contribution in [0.3, 0.4) is 0 Å². The number of carbonyl (C=O) groups is 1. The van der Waals surface area contributed by atoms with Gasteiger partial charge in [-0.3, -0.25) is 4.79 Å². The average molecular weight is 330 g/mol. The Morgan fingerprint density at radius 3 is 2.83 bits per heavy atom. The van der Waals surface area contributed by atoms with Crippen LogP contribution >= 0.6 is 11.3 Å². The van der Waals surface area contributed by atoms with Gasteiger partial charge in [0.15, 0.2) is 0 Å². The number of nitrogens with zero attached hydrogens (tertiary/aromatic N) is 3. The number of amides is 1. The number of hydrogen-bond acceptors (Lipinski definition) is 4. The van der Waals surface area contributed by atoms with Crippen LogP contribution in [0, 0.1) is 0 Å². The molecule has 0 bridgehead atoms. The fourth-order valence-corrected chi connectivity index (χ4v) is 4.91. The number of hydrogen-bond donors (Lipinski definition) is 1. The molecular formula is C17H22N4OS. The van der Waals surface area contributed by atoms with Crippen LogP contribution in [0.2, 0.25) is 0 Å². The number of rotatable bonds is 3. The first-order valence-corrected chi connectivity index (χ1v) is 9.43. The van der Waals surface area contributed by atoms with Gasteiger partial charge in [0.1, 0.15) is 12.7 Å². The van der Waals surface area contributed by atoms with Crippen LogP contribution in [-0.4, -0.2) is 26.7 Å². The minimum absolute atomic E-state index is 0.141. The molecule has 0 radical (unpaired) electrons. The zero-order valence-corrected chi connectivity index (χ0v) is 14.0. The molecule has 6 heteroatoms. The van der Waals surface area contributed by atoms with Crippen molar-refractivity contribution in [3.63, 3.8) is 0 Å². The first-order valence-electron chi connectivity index (χ1n) is 8.55. The number of nitrogens with one attached hydrogen (secondary N) is 1. The average Bonchev–Trinajstić information content (AvgIpc) is 3.25. The smallest absolute Gasteiger partial charge is 0.261 e. The van der Waals surface area contributed by atoms with Gasteiger partial charge >= 0.3 is 0 Å². The lowest BCUT2D eigenvalue weighted by molar-refractivity contribution is 0.0924. The van der Waals surface area contributed by atoms with Crippen molar-refractivity contribution in [3.8, 4) is 0 Å². The molecule has 2 aromatic heterocycles. The van der Waals surface area contributed by atoms with E-state index in [1.165, 1.54) is 24.0 Å². The molecule has 2 heterocycles. The van der Waals surface area contributed by atoms with E-state index in [9.17, 15) is 4.79 Å². The molecule has 1 amide bonds. The Kier molecular flexibility index (Phi) is 4.16. The van der Waals surface area contributed by atoms with E-state index < -0.39 is 0 Å². The topological polar surface area (TPSA) is 59.8 Å². The van der Waals surface area contributed by atoms with Crippen LogP contribution in [0.25, 0.3) is 0 Å². The minimum atomic E-state index is 0.141. The molecule has 1 N–H and O–H groups in total. The highest BCUT2D eigenvalue weighted by Crippen LogP contribution is 2.31. The molecule has 2 aliphatic rings. The number of aryl methyl sites for hydroxylation is 1. The molecule has 122 valence electrons. The molecule has 23 heavy (non-hydrogen) atoms. The Morgan fingerprint density at radius 1 is 1.22 bits per heavy atom. The Bertz CT molecular complexity index is 671. The van der Waals surface area contributed by atoms with Crippen molar-refractivity contribution in [2.45, 2.75) is 63.5 Å². The molecule has 2 aliphatic carbocycles. The van der Waals surface area contributed by atoms with E-state index in [0.717, 1.165) is 43.4 Å². The van der Waals surface area contributed by atoms with E-state index >= 15 is 0 Å². The van der Waals surface area contributed by atoms with Gasteiger partial charge in [-0.2, -0.15) is 5.10 Å². The van der Waals surface area contributed by atoms with Crippen molar-refractivity contribution < 1.29 is 4.79 Å². The fraction of sp³-hybridized carbons (Fsp3) is 0.588. The third-order valence-electron chi connectivity index (χ3n) is 5.15. The van der Waals surface area contributed by atoms with Gasteiger partial charge in [-0.05, 0) is 67.9 Å². The summed E-state index contributed by atoms with van der Waals surface area (Å²) in [5.74, 6) is 0.141. The number of fused-ring (bicyclic) bond motifs is 1.